The SMILES string of the molecule is N[C@@H](CO)c1cccc(N2CCOCC2)c1.O=C(/C=C/c1ccccc1)N[C@@H](CO)c1cccc(N2CCOCC2)c1. The van der Waals surface area contributed by atoms with Crippen LogP contribution in [0.3, 0.4) is 0 Å². The molecular weight excluding hydrogens is 532 g/mol. The number of nitrogens with two attached hydrogens (primary N) is 1. The van der Waals surface area contributed by atoms with Gasteiger partial charge in [0.2, 0.25) is 5.91 Å². The summed E-state index contributed by atoms with van der Waals surface area (Å²) in [4.78, 5) is 16.7. The van der Waals surface area contributed by atoms with Gasteiger partial charge in [0.25, 0.3) is 0 Å². The summed E-state index contributed by atoms with van der Waals surface area (Å²) in [6, 6.07) is 24.9. The van der Waals surface area contributed by atoms with Crippen molar-refractivity contribution in [3.05, 3.63) is 102 Å². The summed E-state index contributed by atoms with van der Waals surface area (Å²) in [5.41, 5.74) is 10.9. The quantitative estimate of drug-likeness (QED) is 0.288. The molecule has 1 amide bonds. The van der Waals surface area contributed by atoms with Crippen molar-refractivity contribution >= 4 is 23.4 Å². The number of nitrogens with one attached hydrogen (secondary N) is 1. The number of carbonyl (C=O) groups excluding carboxylic acids is 1. The van der Waals surface area contributed by atoms with Crippen molar-refractivity contribution in [1.82, 2.24) is 5.32 Å². The lowest BCUT2D eigenvalue weighted by Gasteiger charge is -2.29. The van der Waals surface area contributed by atoms with E-state index in [1.54, 1.807) is 6.08 Å². The van der Waals surface area contributed by atoms with Gasteiger partial charge in [0.15, 0.2) is 0 Å². The van der Waals surface area contributed by atoms with Gasteiger partial charge in [0.1, 0.15) is 0 Å². The molecule has 0 unspecified atom stereocenters. The van der Waals surface area contributed by atoms with E-state index in [9.17, 15) is 9.90 Å². The molecule has 3 aromatic carbocycles. The maximum atomic E-state index is 12.2. The van der Waals surface area contributed by atoms with Crippen LogP contribution < -0.4 is 20.9 Å². The number of benzene rings is 3. The first-order valence-corrected chi connectivity index (χ1v) is 14.4. The molecule has 2 heterocycles. The largest absolute Gasteiger partial charge is 0.394 e. The van der Waals surface area contributed by atoms with Crippen molar-refractivity contribution in [2.24, 2.45) is 5.73 Å². The molecular formula is C33H42N4O5. The third kappa shape index (κ3) is 9.40. The van der Waals surface area contributed by atoms with Gasteiger partial charge in [-0.05, 0) is 47.0 Å². The summed E-state index contributed by atoms with van der Waals surface area (Å²) >= 11 is 0. The summed E-state index contributed by atoms with van der Waals surface area (Å²) < 4.78 is 10.7. The number of hydrogen-bond acceptors (Lipinski definition) is 8. The fraction of sp³-hybridized carbons (Fsp3) is 0.364. The Bertz CT molecular complexity index is 1260. The Hall–Kier alpha value is -3.73. The highest BCUT2D eigenvalue weighted by Crippen LogP contribution is 2.22. The Kier molecular flexibility index (Phi) is 12.4. The number of amides is 1. The molecule has 2 aliphatic rings. The zero-order valence-corrected chi connectivity index (χ0v) is 24.0. The zero-order chi connectivity index (χ0) is 29.6. The van der Waals surface area contributed by atoms with Crippen LogP contribution in [-0.2, 0) is 14.3 Å². The number of hydrogen-bond donors (Lipinski definition) is 4. The van der Waals surface area contributed by atoms with Crippen LogP contribution in [0.15, 0.2) is 84.9 Å². The van der Waals surface area contributed by atoms with Crippen LogP contribution in [0.5, 0.6) is 0 Å². The summed E-state index contributed by atoms with van der Waals surface area (Å²) in [5.74, 6) is -0.232. The number of aliphatic hydroxyl groups is 2. The number of ether oxygens (including phenoxy) is 2. The monoisotopic (exact) mass is 574 g/mol. The third-order valence-corrected chi connectivity index (χ3v) is 7.25. The number of rotatable bonds is 9. The molecule has 0 saturated carbocycles. The first-order valence-electron chi connectivity index (χ1n) is 14.4. The van der Waals surface area contributed by atoms with Crippen molar-refractivity contribution < 1.29 is 24.5 Å². The molecule has 2 saturated heterocycles. The Morgan fingerprint density at radius 1 is 0.786 bits per heavy atom. The highest BCUT2D eigenvalue weighted by atomic mass is 16.5. The average Bonchev–Trinajstić information content (AvgIpc) is 3.07. The highest BCUT2D eigenvalue weighted by molar-refractivity contribution is 5.92. The molecule has 9 nitrogen and oxygen atoms in total. The van der Waals surface area contributed by atoms with E-state index >= 15 is 0 Å². The van der Waals surface area contributed by atoms with Crippen molar-refractivity contribution in [3.8, 4) is 0 Å². The molecule has 0 spiro atoms. The normalized spacial score (nSPS) is 16.8. The van der Waals surface area contributed by atoms with Crippen LogP contribution >= 0.6 is 0 Å². The second-order valence-corrected chi connectivity index (χ2v) is 10.2. The second-order valence-electron chi connectivity index (χ2n) is 10.2. The lowest BCUT2D eigenvalue weighted by atomic mass is 10.1. The van der Waals surface area contributed by atoms with Crippen molar-refractivity contribution in [2.45, 2.75) is 12.1 Å². The van der Waals surface area contributed by atoms with Gasteiger partial charge in [-0.1, -0.05) is 54.6 Å². The molecule has 2 atom stereocenters. The lowest BCUT2D eigenvalue weighted by Crippen LogP contribution is -2.36. The van der Waals surface area contributed by atoms with Gasteiger partial charge in [-0.3, -0.25) is 4.79 Å². The molecule has 0 bridgehead atoms. The van der Waals surface area contributed by atoms with Crippen LogP contribution in [0.4, 0.5) is 11.4 Å². The Balaban J connectivity index is 0.000000216. The third-order valence-electron chi connectivity index (χ3n) is 7.25. The molecule has 3 aromatic rings. The predicted molar refractivity (Wildman–Crippen MR) is 166 cm³/mol. The van der Waals surface area contributed by atoms with E-state index in [0.29, 0.717) is 13.2 Å². The van der Waals surface area contributed by atoms with Gasteiger partial charge in [-0.25, -0.2) is 0 Å². The molecule has 0 aliphatic carbocycles. The van der Waals surface area contributed by atoms with Gasteiger partial charge >= 0.3 is 0 Å². The van der Waals surface area contributed by atoms with Gasteiger partial charge < -0.3 is 40.5 Å². The van der Waals surface area contributed by atoms with Gasteiger partial charge in [0, 0.05) is 43.6 Å². The molecule has 2 fully saturated rings. The van der Waals surface area contributed by atoms with Crippen LogP contribution in [0.1, 0.15) is 28.8 Å². The maximum Gasteiger partial charge on any atom is 0.244 e. The van der Waals surface area contributed by atoms with Crippen molar-refractivity contribution in [3.63, 3.8) is 0 Å². The molecule has 5 N–H and O–H groups in total. The summed E-state index contributed by atoms with van der Waals surface area (Å²) in [6.45, 7) is 6.33. The van der Waals surface area contributed by atoms with Gasteiger partial charge in [0.05, 0.1) is 51.7 Å². The number of morpholine rings is 2. The average molecular weight is 575 g/mol. The van der Waals surface area contributed by atoms with E-state index in [0.717, 1.165) is 67.5 Å². The van der Waals surface area contributed by atoms with E-state index < -0.39 is 6.04 Å². The molecule has 9 heteroatoms. The Morgan fingerprint density at radius 2 is 1.33 bits per heavy atom. The minimum Gasteiger partial charge on any atom is -0.394 e. The van der Waals surface area contributed by atoms with Gasteiger partial charge in [-0.15, -0.1) is 0 Å². The summed E-state index contributed by atoms with van der Waals surface area (Å²) in [5, 5.41) is 21.6. The van der Waals surface area contributed by atoms with Crippen molar-refractivity contribution in [1.29, 1.82) is 0 Å². The van der Waals surface area contributed by atoms with E-state index in [-0.39, 0.29) is 25.2 Å². The smallest absolute Gasteiger partial charge is 0.244 e. The van der Waals surface area contributed by atoms with E-state index in [1.165, 1.54) is 6.08 Å². The lowest BCUT2D eigenvalue weighted by molar-refractivity contribution is -0.117. The molecule has 2 aliphatic heterocycles. The maximum absolute atomic E-state index is 12.2. The Labute approximate surface area is 248 Å². The number of anilines is 2. The van der Waals surface area contributed by atoms with E-state index in [1.807, 2.05) is 72.8 Å². The topological polar surface area (TPSA) is 121 Å². The van der Waals surface area contributed by atoms with E-state index in [2.05, 4.69) is 21.2 Å². The zero-order valence-electron chi connectivity index (χ0n) is 24.0. The Morgan fingerprint density at radius 3 is 1.88 bits per heavy atom. The minimum absolute atomic E-state index is 0.0213. The summed E-state index contributed by atoms with van der Waals surface area (Å²) in [7, 11) is 0. The standard InChI is InChI=1S/C21H24N2O3.C12H18N2O2/c24-16-20(22-21(25)10-9-17-5-2-1-3-6-17)18-7-4-8-19(15-18)23-11-13-26-14-12-23;13-12(9-15)10-2-1-3-11(8-10)14-4-6-16-7-5-14/h1-10,15,20,24H,11-14,16H2,(H,22,25);1-3,8,12,15H,4-7,9,13H2/b10-9+;/t20-;12-/m00/s1. The fourth-order valence-electron chi connectivity index (χ4n) is 4.83. The van der Waals surface area contributed by atoms with Crippen molar-refractivity contribution in [2.75, 3.05) is 75.6 Å². The molecule has 5 rings (SSSR count). The van der Waals surface area contributed by atoms with Gasteiger partial charge in [-0.2, -0.15) is 0 Å². The molecule has 0 radical (unpaired) electrons. The minimum atomic E-state index is -0.441. The first kappa shape index (κ1) is 31.2. The molecule has 224 valence electrons. The molecule has 0 aromatic heterocycles. The fourth-order valence-corrected chi connectivity index (χ4v) is 4.83. The summed E-state index contributed by atoms with van der Waals surface area (Å²) in [6.07, 6.45) is 3.25. The molecule has 42 heavy (non-hydrogen) atoms. The number of nitrogens with zero attached hydrogens (tertiary/aromatic N) is 2. The predicted octanol–water partition coefficient (Wildman–Crippen LogP) is 2.90. The van der Waals surface area contributed by atoms with Crippen LogP contribution in [0, 0.1) is 0 Å². The highest BCUT2D eigenvalue weighted by Gasteiger charge is 2.16. The van der Waals surface area contributed by atoms with Crippen LogP contribution in [0.2, 0.25) is 0 Å². The number of carbonyl (C=O) groups is 1. The van der Waals surface area contributed by atoms with Crippen LogP contribution in [0.25, 0.3) is 6.08 Å². The van der Waals surface area contributed by atoms with E-state index in [4.69, 9.17) is 20.3 Å². The number of aliphatic hydroxyl groups excluding tert-OH is 2. The van der Waals surface area contributed by atoms with Crippen LogP contribution in [-0.4, -0.2) is 81.9 Å². The second kappa shape index (κ2) is 16.6. The first-order chi connectivity index (χ1) is 20.6.